The van der Waals surface area contributed by atoms with Crippen LogP contribution in [0, 0.1) is 5.82 Å². The number of fused-ring (bicyclic) bond motifs is 2. The van der Waals surface area contributed by atoms with Crippen molar-refractivity contribution < 1.29 is 17.9 Å². The van der Waals surface area contributed by atoms with Crippen LogP contribution in [0.4, 0.5) is 4.39 Å². The molecule has 10 heteroatoms. The van der Waals surface area contributed by atoms with Crippen LogP contribution in [0.2, 0.25) is 0 Å². The van der Waals surface area contributed by atoms with E-state index < -0.39 is 16.1 Å². The van der Waals surface area contributed by atoms with Crippen LogP contribution < -0.4 is 4.72 Å². The zero-order valence-electron chi connectivity index (χ0n) is 17.2. The van der Waals surface area contributed by atoms with Crippen molar-refractivity contribution in [2.45, 2.75) is 17.4 Å². The number of rotatable bonds is 7. The van der Waals surface area contributed by atoms with Crippen LogP contribution in [0.25, 0.3) is 26.8 Å². The molecule has 33 heavy (non-hydrogen) atoms. The summed E-state index contributed by atoms with van der Waals surface area (Å²) in [5.41, 5.74) is 4.83. The van der Waals surface area contributed by atoms with Gasteiger partial charge in [0.1, 0.15) is 5.82 Å². The molecule has 168 valence electrons. The number of aliphatic hydroxyl groups excluding tert-OH is 1. The molecule has 7 nitrogen and oxygen atoms in total. The van der Waals surface area contributed by atoms with Crippen molar-refractivity contribution in [1.82, 2.24) is 19.5 Å². The summed E-state index contributed by atoms with van der Waals surface area (Å²) in [5, 5.41) is 15.1. The maximum Gasteiger partial charge on any atom is 0.240 e. The van der Waals surface area contributed by atoms with Crippen LogP contribution in [0.3, 0.4) is 0 Å². The summed E-state index contributed by atoms with van der Waals surface area (Å²) in [6, 6.07) is 15.8. The molecule has 0 spiro atoms. The predicted octanol–water partition coefficient (Wildman–Crippen LogP) is 3.66. The van der Waals surface area contributed by atoms with Crippen molar-refractivity contribution in [1.29, 1.82) is 0 Å². The molecule has 2 heterocycles. The van der Waals surface area contributed by atoms with E-state index in [2.05, 4.69) is 14.8 Å². The summed E-state index contributed by atoms with van der Waals surface area (Å²) in [7, 11) is -3.82. The van der Waals surface area contributed by atoms with Crippen molar-refractivity contribution in [2.75, 3.05) is 6.61 Å². The number of aromatic nitrogens is 3. The van der Waals surface area contributed by atoms with E-state index in [-0.39, 0.29) is 17.3 Å². The van der Waals surface area contributed by atoms with E-state index in [1.807, 2.05) is 18.2 Å². The molecule has 0 saturated heterocycles. The van der Waals surface area contributed by atoms with E-state index in [9.17, 15) is 17.9 Å². The van der Waals surface area contributed by atoms with Crippen molar-refractivity contribution in [3.8, 4) is 5.69 Å². The van der Waals surface area contributed by atoms with Crippen LogP contribution in [0.1, 0.15) is 5.56 Å². The largest absolute Gasteiger partial charge is 0.395 e. The Hall–Kier alpha value is -3.18. The summed E-state index contributed by atoms with van der Waals surface area (Å²) >= 11 is 1.37. The van der Waals surface area contributed by atoms with Gasteiger partial charge in [-0.1, -0.05) is 6.07 Å². The highest BCUT2D eigenvalue weighted by Gasteiger charge is 2.21. The minimum Gasteiger partial charge on any atom is -0.395 e. The second-order valence-electron chi connectivity index (χ2n) is 7.61. The minimum atomic E-state index is -3.82. The SMILES string of the molecule is O=S(=O)(N[C@H](CO)Cc1ccc2c(cnn2-c2ccc(F)cc2)c1)c1ccc2ncsc2c1. The van der Waals surface area contributed by atoms with E-state index in [0.29, 0.717) is 6.42 Å². The normalized spacial score (nSPS) is 13.0. The summed E-state index contributed by atoms with van der Waals surface area (Å²) < 4.78 is 44.1. The van der Waals surface area contributed by atoms with E-state index in [4.69, 9.17) is 0 Å². The lowest BCUT2D eigenvalue weighted by Crippen LogP contribution is -2.39. The third-order valence-corrected chi connectivity index (χ3v) is 7.65. The Balaban J connectivity index is 1.36. The van der Waals surface area contributed by atoms with Crippen molar-refractivity contribution in [3.05, 3.63) is 83.8 Å². The molecule has 0 amide bonds. The Bertz CT molecular complexity index is 1550. The van der Waals surface area contributed by atoms with Crippen LogP contribution in [0.15, 0.2) is 77.3 Å². The van der Waals surface area contributed by atoms with Crippen LogP contribution in [-0.4, -0.2) is 40.9 Å². The molecule has 1 atom stereocenters. The summed E-state index contributed by atoms with van der Waals surface area (Å²) in [5.74, 6) is -0.318. The van der Waals surface area contributed by atoms with E-state index in [1.54, 1.807) is 40.7 Å². The Morgan fingerprint density at radius 1 is 1.09 bits per heavy atom. The van der Waals surface area contributed by atoms with E-state index in [0.717, 1.165) is 32.4 Å². The van der Waals surface area contributed by atoms with Crippen LogP contribution in [-0.2, 0) is 16.4 Å². The fourth-order valence-corrected chi connectivity index (χ4v) is 5.76. The van der Waals surface area contributed by atoms with Crippen molar-refractivity contribution >= 4 is 42.5 Å². The third kappa shape index (κ3) is 4.38. The van der Waals surface area contributed by atoms with Gasteiger partial charge in [-0.15, -0.1) is 11.3 Å². The highest BCUT2D eigenvalue weighted by atomic mass is 32.2. The first kappa shape index (κ1) is 21.7. The summed E-state index contributed by atoms with van der Waals surface area (Å²) in [6.07, 6.45) is 2.00. The van der Waals surface area contributed by atoms with Gasteiger partial charge in [0.15, 0.2) is 0 Å². The molecule has 0 fully saturated rings. The van der Waals surface area contributed by atoms with Gasteiger partial charge in [-0.05, 0) is 66.6 Å². The smallest absolute Gasteiger partial charge is 0.240 e. The summed E-state index contributed by atoms with van der Waals surface area (Å²) in [4.78, 5) is 4.30. The Kier molecular flexibility index (Phi) is 5.67. The fourth-order valence-electron chi connectivity index (χ4n) is 3.72. The lowest BCUT2D eigenvalue weighted by atomic mass is 10.1. The number of hydrogen-bond donors (Lipinski definition) is 2. The number of nitrogens with one attached hydrogen (secondary N) is 1. The molecule has 2 aromatic heterocycles. The number of benzene rings is 3. The van der Waals surface area contributed by atoms with Gasteiger partial charge in [-0.2, -0.15) is 5.10 Å². The van der Waals surface area contributed by atoms with Crippen LogP contribution in [0.5, 0.6) is 0 Å². The molecule has 3 aromatic carbocycles. The highest BCUT2D eigenvalue weighted by Crippen LogP contribution is 2.23. The van der Waals surface area contributed by atoms with Gasteiger partial charge < -0.3 is 5.11 Å². The number of aliphatic hydroxyl groups is 1. The monoisotopic (exact) mass is 482 g/mol. The number of hydrogen-bond acceptors (Lipinski definition) is 6. The van der Waals surface area contributed by atoms with Gasteiger partial charge in [-0.25, -0.2) is 27.2 Å². The van der Waals surface area contributed by atoms with Crippen LogP contribution >= 0.6 is 11.3 Å². The van der Waals surface area contributed by atoms with Gasteiger partial charge in [-0.3, -0.25) is 0 Å². The molecular formula is C23H19FN4O3S2. The van der Waals surface area contributed by atoms with E-state index >= 15 is 0 Å². The third-order valence-electron chi connectivity index (χ3n) is 5.34. The van der Waals surface area contributed by atoms with Gasteiger partial charge in [0.2, 0.25) is 10.0 Å². The second kappa shape index (κ2) is 8.64. The standard InChI is InChI=1S/C23H19FN4O3S2/c24-17-2-4-19(5-3-17)28-22-8-1-15(9-16(22)12-26-28)10-18(13-29)27-33(30,31)20-6-7-21-23(11-20)32-14-25-21/h1-9,11-12,14,18,27,29H,10,13H2/t18-/m0/s1. The molecule has 0 bridgehead atoms. The molecule has 0 radical (unpaired) electrons. The maximum atomic E-state index is 13.2. The minimum absolute atomic E-state index is 0.133. The predicted molar refractivity (Wildman–Crippen MR) is 126 cm³/mol. The Morgan fingerprint density at radius 3 is 2.70 bits per heavy atom. The second-order valence-corrected chi connectivity index (χ2v) is 10.2. The molecule has 5 rings (SSSR count). The first-order chi connectivity index (χ1) is 15.9. The molecule has 0 aliphatic heterocycles. The number of thiazole rings is 1. The number of sulfonamides is 1. The van der Waals surface area contributed by atoms with Gasteiger partial charge in [0.05, 0.1) is 44.6 Å². The topological polar surface area (TPSA) is 97.1 Å². The molecule has 0 aliphatic rings. The fraction of sp³-hybridized carbons (Fsp3) is 0.130. The first-order valence-electron chi connectivity index (χ1n) is 10.1. The Morgan fingerprint density at radius 2 is 1.91 bits per heavy atom. The molecule has 0 aliphatic carbocycles. The average molecular weight is 483 g/mol. The molecular weight excluding hydrogens is 463 g/mol. The van der Waals surface area contributed by atoms with Gasteiger partial charge in [0.25, 0.3) is 0 Å². The lowest BCUT2D eigenvalue weighted by molar-refractivity contribution is 0.256. The van der Waals surface area contributed by atoms with Gasteiger partial charge in [0, 0.05) is 11.4 Å². The molecule has 0 saturated carbocycles. The van der Waals surface area contributed by atoms with Crippen molar-refractivity contribution in [2.24, 2.45) is 0 Å². The molecule has 2 N–H and O–H groups in total. The molecule has 5 aromatic rings. The lowest BCUT2D eigenvalue weighted by Gasteiger charge is -2.17. The highest BCUT2D eigenvalue weighted by molar-refractivity contribution is 7.89. The zero-order chi connectivity index (χ0) is 23.0. The number of halogens is 1. The molecule has 0 unspecified atom stereocenters. The zero-order valence-corrected chi connectivity index (χ0v) is 18.9. The Labute approximate surface area is 193 Å². The quantitative estimate of drug-likeness (QED) is 0.369. The summed E-state index contributed by atoms with van der Waals surface area (Å²) in [6.45, 7) is -0.352. The van der Waals surface area contributed by atoms with E-state index in [1.165, 1.54) is 29.5 Å². The van der Waals surface area contributed by atoms with Crippen molar-refractivity contribution in [3.63, 3.8) is 0 Å². The maximum absolute atomic E-state index is 13.2. The first-order valence-corrected chi connectivity index (χ1v) is 12.5. The number of nitrogens with zero attached hydrogens (tertiary/aromatic N) is 3. The van der Waals surface area contributed by atoms with Gasteiger partial charge >= 0.3 is 0 Å². The average Bonchev–Trinajstić information content (AvgIpc) is 3.45.